The lowest BCUT2D eigenvalue weighted by molar-refractivity contribution is 1.63. The monoisotopic (exact) mass is 516 g/mol. The second-order valence-electron chi connectivity index (χ2n) is 9.71. The lowest BCUT2D eigenvalue weighted by Gasteiger charge is -2.19. The summed E-state index contributed by atoms with van der Waals surface area (Å²) in [6, 6.07) is 26.8. The highest BCUT2D eigenvalue weighted by molar-refractivity contribution is 6.23. The second-order valence-corrected chi connectivity index (χ2v) is 9.71. The van der Waals surface area contributed by atoms with Crippen LogP contribution in [0.3, 0.4) is 0 Å². The Hall–Kier alpha value is -5.20. The van der Waals surface area contributed by atoms with E-state index < -0.39 is 54.4 Å². The van der Waals surface area contributed by atoms with E-state index in [1.165, 1.54) is 6.07 Å². The highest BCUT2D eigenvalue weighted by atomic mass is 14.2. The van der Waals surface area contributed by atoms with Gasteiger partial charge in [0.1, 0.15) is 0 Å². The summed E-state index contributed by atoms with van der Waals surface area (Å²) >= 11 is 0. The maximum Gasteiger partial charge on any atom is 0.0629 e. The average molecular weight is 517 g/mol. The Labute approximate surface area is 247 Å². The van der Waals surface area contributed by atoms with E-state index >= 15 is 0 Å². The Kier molecular flexibility index (Phi) is 3.42. The Bertz CT molecular complexity index is 2700. The number of hydrogen-bond donors (Lipinski definition) is 0. The van der Waals surface area contributed by atoms with E-state index in [2.05, 4.69) is 24.3 Å². The van der Waals surface area contributed by atoms with Crippen LogP contribution in [0.25, 0.3) is 76.5 Å². The first kappa shape index (κ1) is 14.8. The molecule has 0 aliphatic heterocycles. The SMILES string of the molecule is [2H]c1c(-c2c3ccccc3c(-c3cccc4ccccc34)c3ccccc23)cc(-c2c([2H])c([2H])c([2H])c3c([2H])c([2H])c([2H])c([2H])c23)c([2H])c1[2H]. The van der Waals surface area contributed by atoms with Crippen LogP contribution in [0.5, 0.6) is 0 Å². The minimum absolute atomic E-state index is 0.0270. The van der Waals surface area contributed by atoms with Crippen LogP contribution in [0.1, 0.15) is 13.7 Å². The molecule has 0 spiro atoms. The molecule has 0 radical (unpaired) electrons. The van der Waals surface area contributed by atoms with Gasteiger partial charge in [0.15, 0.2) is 0 Å². The molecule has 0 N–H and O–H groups in total. The molecule has 0 nitrogen and oxygen atoms in total. The number of fused-ring (bicyclic) bond motifs is 4. The third-order valence-electron chi connectivity index (χ3n) is 7.52. The van der Waals surface area contributed by atoms with Gasteiger partial charge in [-0.15, -0.1) is 0 Å². The maximum absolute atomic E-state index is 9.20. The Morgan fingerprint density at radius 3 is 1.70 bits per heavy atom. The van der Waals surface area contributed by atoms with Crippen LogP contribution in [0.2, 0.25) is 0 Å². The Balaban J connectivity index is 1.54. The third-order valence-corrected chi connectivity index (χ3v) is 7.52. The normalized spacial score (nSPS) is 15.0. The van der Waals surface area contributed by atoms with E-state index in [9.17, 15) is 1.37 Å². The maximum atomic E-state index is 9.20. The standard InChI is InChI=1S/C40H26/c1-3-18-31-27(12-1)14-10-24-33(31)29-16-9-17-30(26-29)39-35-20-5-7-22-37(35)40(38-23-8-6-21-36(38)39)34-25-11-15-28-13-2-4-19-32(28)34/h1-26H/i1D,3D,9D,10D,12D,14D,16D,17D,18D,24D. The summed E-state index contributed by atoms with van der Waals surface area (Å²) in [6.07, 6.45) is 0. The molecule has 0 heteroatoms. The molecule has 0 bridgehead atoms. The summed E-state index contributed by atoms with van der Waals surface area (Å²) in [6.45, 7) is 0. The minimum atomic E-state index is -0.573. The second kappa shape index (κ2) is 9.22. The van der Waals surface area contributed by atoms with Crippen LogP contribution in [0.4, 0.5) is 0 Å². The van der Waals surface area contributed by atoms with E-state index in [1.54, 1.807) is 0 Å². The number of benzene rings is 8. The van der Waals surface area contributed by atoms with Crippen molar-refractivity contribution in [1.29, 1.82) is 0 Å². The molecule has 0 aliphatic rings. The largest absolute Gasteiger partial charge is 0.0629 e. The smallest absolute Gasteiger partial charge is 0.0616 e. The van der Waals surface area contributed by atoms with Crippen LogP contribution in [-0.2, 0) is 0 Å². The summed E-state index contributed by atoms with van der Waals surface area (Å²) in [5.41, 5.74) is 2.81. The summed E-state index contributed by atoms with van der Waals surface area (Å²) < 4.78 is 87.2. The van der Waals surface area contributed by atoms with Crippen molar-refractivity contribution in [2.24, 2.45) is 0 Å². The van der Waals surface area contributed by atoms with Gasteiger partial charge in [0, 0.05) is 0 Å². The van der Waals surface area contributed by atoms with Crippen LogP contribution in [0, 0.1) is 0 Å². The van der Waals surface area contributed by atoms with Gasteiger partial charge in [-0.3, -0.25) is 0 Å². The quantitative estimate of drug-likeness (QED) is 0.205. The van der Waals surface area contributed by atoms with Crippen molar-refractivity contribution in [1.82, 2.24) is 0 Å². The Morgan fingerprint density at radius 2 is 0.925 bits per heavy atom. The lowest BCUT2D eigenvalue weighted by Crippen LogP contribution is -1.92. The fraction of sp³-hybridized carbons (Fsp3) is 0. The van der Waals surface area contributed by atoms with E-state index in [4.69, 9.17) is 12.3 Å². The molecule has 0 aromatic heterocycles. The first-order valence-electron chi connectivity index (χ1n) is 18.1. The highest BCUT2D eigenvalue weighted by Crippen LogP contribution is 2.45. The zero-order valence-corrected chi connectivity index (χ0v) is 21.2. The van der Waals surface area contributed by atoms with Gasteiger partial charge in [-0.05, 0) is 82.5 Å². The van der Waals surface area contributed by atoms with Gasteiger partial charge in [0.05, 0.1) is 13.7 Å². The zero-order chi connectivity index (χ0) is 35.2. The van der Waals surface area contributed by atoms with Gasteiger partial charge in [-0.1, -0.05) is 151 Å². The van der Waals surface area contributed by atoms with Gasteiger partial charge >= 0.3 is 0 Å². The average Bonchev–Trinajstić information content (AvgIpc) is 3.14. The molecule has 8 aromatic rings. The molecule has 8 rings (SSSR count). The van der Waals surface area contributed by atoms with E-state index in [1.807, 2.05) is 66.7 Å². The van der Waals surface area contributed by atoms with Gasteiger partial charge < -0.3 is 0 Å². The van der Waals surface area contributed by atoms with Crippen molar-refractivity contribution in [3.05, 3.63) is 157 Å². The molecule has 40 heavy (non-hydrogen) atoms. The van der Waals surface area contributed by atoms with Crippen molar-refractivity contribution in [2.45, 2.75) is 0 Å². The molecule has 186 valence electrons. The molecule has 0 saturated heterocycles. The summed E-state index contributed by atoms with van der Waals surface area (Å²) in [5.74, 6) is 0. The molecule has 0 unspecified atom stereocenters. The van der Waals surface area contributed by atoms with E-state index in [-0.39, 0.29) is 27.9 Å². The van der Waals surface area contributed by atoms with Crippen LogP contribution in [0.15, 0.2) is 157 Å². The molecule has 0 heterocycles. The van der Waals surface area contributed by atoms with Crippen molar-refractivity contribution >= 4 is 43.1 Å². The number of hydrogen-bond acceptors (Lipinski definition) is 0. The first-order valence-corrected chi connectivity index (χ1v) is 13.1. The van der Waals surface area contributed by atoms with Gasteiger partial charge in [0.25, 0.3) is 0 Å². The molecule has 0 fully saturated rings. The van der Waals surface area contributed by atoms with Crippen LogP contribution < -0.4 is 0 Å². The summed E-state index contributed by atoms with van der Waals surface area (Å²) in [4.78, 5) is 0. The third kappa shape index (κ3) is 3.54. The summed E-state index contributed by atoms with van der Waals surface area (Å²) in [5, 5.41) is 5.19. The minimum Gasteiger partial charge on any atom is -0.0616 e. The first-order chi connectivity index (χ1) is 24.0. The topological polar surface area (TPSA) is 0 Å². The Morgan fingerprint density at radius 1 is 0.350 bits per heavy atom. The van der Waals surface area contributed by atoms with Gasteiger partial charge in [-0.25, -0.2) is 0 Å². The number of rotatable bonds is 3. The fourth-order valence-electron chi connectivity index (χ4n) is 5.82. The highest BCUT2D eigenvalue weighted by Gasteiger charge is 2.18. The fourth-order valence-corrected chi connectivity index (χ4v) is 5.82. The van der Waals surface area contributed by atoms with Crippen molar-refractivity contribution in [2.75, 3.05) is 0 Å². The molecule has 8 aromatic carbocycles. The summed E-state index contributed by atoms with van der Waals surface area (Å²) in [7, 11) is 0. The molecule has 0 saturated carbocycles. The van der Waals surface area contributed by atoms with Crippen molar-refractivity contribution in [3.8, 4) is 33.4 Å². The molecule has 0 amide bonds. The zero-order valence-electron chi connectivity index (χ0n) is 31.2. The van der Waals surface area contributed by atoms with Gasteiger partial charge in [0.2, 0.25) is 0 Å². The van der Waals surface area contributed by atoms with E-state index in [0.717, 1.165) is 43.4 Å². The molecule has 0 atom stereocenters. The van der Waals surface area contributed by atoms with Crippen molar-refractivity contribution < 1.29 is 13.7 Å². The predicted octanol–water partition coefficient (Wildman–Crippen LogP) is 11.3. The van der Waals surface area contributed by atoms with Crippen molar-refractivity contribution in [3.63, 3.8) is 0 Å². The lowest BCUT2D eigenvalue weighted by atomic mass is 9.84. The van der Waals surface area contributed by atoms with Gasteiger partial charge in [-0.2, -0.15) is 0 Å². The molecular formula is C40H26. The van der Waals surface area contributed by atoms with Crippen LogP contribution >= 0.6 is 0 Å². The van der Waals surface area contributed by atoms with E-state index in [0.29, 0.717) is 11.1 Å². The predicted molar refractivity (Wildman–Crippen MR) is 173 cm³/mol. The molecule has 0 aliphatic carbocycles. The molecular weight excluding hydrogens is 480 g/mol. The van der Waals surface area contributed by atoms with Crippen LogP contribution in [-0.4, -0.2) is 0 Å².